The molecule has 1 heterocycles. The molecule has 0 saturated heterocycles. The molecule has 0 aliphatic carbocycles. The van der Waals surface area contributed by atoms with Crippen molar-refractivity contribution in [2.75, 3.05) is 10.6 Å². The monoisotopic (exact) mass is 402 g/mol. The summed E-state index contributed by atoms with van der Waals surface area (Å²) in [7, 11) is 0. The van der Waals surface area contributed by atoms with Crippen LogP contribution in [0.25, 0.3) is 0 Å². The van der Waals surface area contributed by atoms with Crippen LogP contribution in [0, 0.1) is 13.8 Å². The van der Waals surface area contributed by atoms with Crippen LogP contribution >= 0.6 is 0 Å². The normalized spacial score (nSPS) is 11.2. The number of alkyl halides is 3. The molecule has 0 aliphatic rings. The second-order valence-corrected chi connectivity index (χ2v) is 6.52. The number of rotatable bonds is 4. The number of carbonyl (C=O) groups excluding carboxylic acids is 2. The zero-order valence-electron chi connectivity index (χ0n) is 15.6. The molecular formula is C21H17F3N2O3. The lowest BCUT2D eigenvalue weighted by Crippen LogP contribution is -2.18. The van der Waals surface area contributed by atoms with Crippen molar-refractivity contribution in [1.29, 1.82) is 0 Å². The number of nitrogens with one attached hydrogen (secondary N) is 2. The quantitative estimate of drug-likeness (QED) is 0.612. The van der Waals surface area contributed by atoms with Crippen molar-refractivity contribution in [1.82, 2.24) is 0 Å². The van der Waals surface area contributed by atoms with Crippen LogP contribution in [0.3, 0.4) is 0 Å². The molecule has 3 rings (SSSR count). The summed E-state index contributed by atoms with van der Waals surface area (Å²) in [5, 5.41) is 4.64. The lowest BCUT2D eigenvalue weighted by Gasteiger charge is -2.16. The number of halogens is 3. The first-order valence-electron chi connectivity index (χ1n) is 8.59. The Hall–Kier alpha value is -3.55. The minimum Gasteiger partial charge on any atom is -0.459 e. The van der Waals surface area contributed by atoms with E-state index in [2.05, 4.69) is 10.6 Å². The van der Waals surface area contributed by atoms with Crippen LogP contribution in [0.1, 0.15) is 37.6 Å². The van der Waals surface area contributed by atoms with E-state index in [1.165, 1.54) is 24.5 Å². The van der Waals surface area contributed by atoms with Gasteiger partial charge in [0.2, 0.25) is 0 Å². The Labute approximate surface area is 164 Å². The number of benzene rings is 2. The van der Waals surface area contributed by atoms with E-state index in [1.807, 2.05) is 6.07 Å². The number of hydrogen-bond donors (Lipinski definition) is 2. The van der Waals surface area contributed by atoms with Crippen LogP contribution in [0.2, 0.25) is 0 Å². The van der Waals surface area contributed by atoms with E-state index >= 15 is 0 Å². The van der Waals surface area contributed by atoms with E-state index in [-0.39, 0.29) is 17.0 Å². The molecular weight excluding hydrogens is 385 g/mol. The van der Waals surface area contributed by atoms with Crippen molar-refractivity contribution >= 4 is 23.2 Å². The number of anilines is 2. The average Bonchev–Trinajstić information content (AvgIpc) is 3.16. The van der Waals surface area contributed by atoms with Gasteiger partial charge in [0, 0.05) is 11.3 Å². The molecule has 8 heteroatoms. The second-order valence-electron chi connectivity index (χ2n) is 6.52. The van der Waals surface area contributed by atoms with Gasteiger partial charge in [0.15, 0.2) is 5.76 Å². The predicted molar refractivity (Wildman–Crippen MR) is 102 cm³/mol. The first kappa shape index (κ1) is 20.2. The summed E-state index contributed by atoms with van der Waals surface area (Å²) in [4.78, 5) is 24.4. The van der Waals surface area contributed by atoms with E-state index in [1.54, 1.807) is 26.0 Å². The summed E-state index contributed by atoms with van der Waals surface area (Å²) in [6, 6.07) is 11.0. The van der Waals surface area contributed by atoms with Gasteiger partial charge in [-0.15, -0.1) is 0 Å². The molecule has 150 valence electrons. The topological polar surface area (TPSA) is 71.3 Å². The lowest BCUT2D eigenvalue weighted by atomic mass is 10.1. The van der Waals surface area contributed by atoms with Gasteiger partial charge in [0.1, 0.15) is 0 Å². The Bertz CT molecular complexity index is 1040. The Kier molecular flexibility index (Phi) is 5.45. The van der Waals surface area contributed by atoms with Crippen molar-refractivity contribution in [2.24, 2.45) is 0 Å². The van der Waals surface area contributed by atoms with Crippen LogP contribution in [-0.4, -0.2) is 11.8 Å². The summed E-state index contributed by atoms with van der Waals surface area (Å²) >= 11 is 0. The van der Waals surface area contributed by atoms with Gasteiger partial charge in [-0.05, 0) is 56.3 Å². The maximum atomic E-state index is 13.5. The molecule has 2 N–H and O–H groups in total. The highest BCUT2D eigenvalue weighted by atomic mass is 19.4. The van der Waals surface area contributed by atoms with E-state index in [4.69, 9.17) is 4.42 Å². The summed E-state index contributed by atoms with van der Waals surface area (Å²) in [6.45, 7) is 3.59. The smallest absolute Gasteiger partial charge is 0.418 e. The van der Waals surface area contributed by atoms with Crippen molar-refractivity contribution in [3.8, 4) is 0 Å². The maximum absolute atomic E-state index is 13.5. The average molecular weight is 402 g/mol. The Morgan fingerprint density at radius 2 is 1.59 bits per heavy atom. The Morgan fingerprint density at radius 3 is 2.17 bits per heavy atom. The van der Waals surface area contributed by atoms with Crippen molar-refractivity contribution < 1.29 is 27.2 Å². The minimum absolute atomic E-state index is 0.0363. The molecule has 2 amide bonds. The summed E-state index contributed by atoms with van der Waals surface area (Å²) in [6.07, 6.45) is -3.46. The summed E-state index contributed by atoms with van der Waals surface area (Å²) in [5.41, 5.74) is 0.337. The third-order valence-electron chi connectivity index (χ3n) is 4.06. The molecule has 0 saturated carbocycles. The fourth-order valence-electron chi connectivity index (χ4n) is 2.87. The van der Waals surface area contributed by atoms with Gasteiger partial charge in [0.25, 0.3) is 11.8 Å². The molecule has 2 aromatic carbocycles. The number of amides is 2. The largest absolute Gasteiger partial charge is 0.459 e. The highest BCUT2D eigenvalue weighted by Crippen LogP contribution is 2.37. The van der Waals surface area contributed by atoms with Crippen LogP contribution in [-0.2, 0) is 6.18 Å². The highest BCUT2D eigenvalue weighted by Gasteiger charge is 2.34. The summed E-state index contributed by atoms with van der Waals surface area (Å²) < 4.78 is 45.5. The number of furan rings is 1. The minimum atomic E-state index is -4.74. The molecule has 0 atom stereocenters. The third-order valence-corrected chi connectivity index (χ3v) is 4.06. The van der Waals surface area contributed by atoms with Crippen LogP contribution in [0.5, 0.6) is 0 Å². The molecule has 0 fully saturated rings. The number of aryl methyl sites for hydroxylation is 2. The fourth-order valence-corrected chi connectivity index (χ4v) is 2.87. The SMILES string of the molecule is Cc1cc(C)cc(C(=O)Nc2ccc(NC(=O)c3ccco3)cc2C(F)(F)F)c1. The van der Waals surface area contributed by atoms with Crippen molar-refractivity contribution in [3.63, 3.8) is 0 Å². The highest BCUT2D eigenvalue weighted by molar-refractivity contribution is 6.05. The molecule has 5 nitrogen and oxygen atoms in total. The van der Waals surface area contributed by atoms with E-state index in [0.29, 0.717) is 0 Å². The van der Waals surface area contributed by atoms with Crippen LogP contribution in [0.15, 0.2) is 59.2 Å². The van der Waals surface area contributed by atoms with Crippen molar-refractivity contribution in [2.45, 2.75) is 20.0 Å². The van der Waals surface area contributed by atoms with Crippen LogP contribution in [0.4, 0.5) is 24.5 Å². The van der Waals surface area contributed by atoms with Gasteiger partial charge in [0.05, 0.1) is 17.5 Å². The molecule has 0 radical (unpaired) electrons. The zero-order valence-corrected chi connectivity index (χ0v) is 15.6. The van der Waals surface area contributed by atoms with E-state index in [0.717, 1.165) is 23.3 Å². The maximum Gasteiger partial charge on any atom is 0.418 e. The molecule has 0 spiro atoms. The van der Waals surface area contributed by atoms with Gasteiger partial charge >= 0.3 is 6.18 Å². The molecule has 29 heavy (non-hydrogen) atoms. The Morgan fingerprint density at radius 1 is 0.897 bits per heavy atom. The van der Waals surface area contributed by atoms with Gasteiger partial charge in [-0.2, -0.15) is 13.2 Å². The van der Waals surface area contributed by atoms with Gasteiger partial charge in [-0.1, -0.05) is 17.2 Å². The van der Waals surface area contributed by atoms with E-state index in [9.17, 15) is 22.8 Å². The number of hydrogen-bond acceptors (Lipinski definition) is 3. The first-order chi connectivity index (χ1) is 13.6. The van der Waals surface area contributed by atoms with Crippen molar-refractivity contribution in [3.05, 3.63) is 82.8 Å². The molecule has 0 unspecified atom stereocenters. The third kappa shape index (κ3) is 4.84. The first-order valence-corrected chi connectivity index (χ1v) is 8.59. The number of carbonyl (C=O) groups is 2. The van der Waals surface area contributed by atoms with Crippen LogP contribution < -0.4 is 10.6 Å². The molecule has 0 bridgehead atoms. The molecule has 1 aromatic heterocycles. The second kappa shape index (κ2) is 7.83. The summed E-state index contributed by atoms with van der Waals surface area (Å²) in [5.74, 6) is -1.38. The zero-order chi connectivity index (χ0) is 21.2. The lowest BCUT2D eigenvalue weighted by molar-refractivity contribution is -0.136. The van der Waals surface area contributed by atoms with Gasteiger partial charge in [-0.25, -0.2) is 0 Å². The molecule has 0 aliphatic heterocycles. The van der Waals surface area contributed by atoms with E-state index < -0.39 is 29.2 Å². The fraction of sp³-hybridized carbons (Fsp3) is 0.143. The van der Waals surface area contributed by atoms with Gasteiger partial charge in [-0.3, -0.25) is 9.59 Å². The predicted octanol–water partition coefficient (Wildman–Crippen LogP) is 5.42. The molecule has 3 aromatic rings. The van der Waals surface area contributed by atoms with Gasteiger partial charge < -0.3 is 15.1 Å². The Balaban J connectivity index is 1.88. The standard InChI is InChI=1S/C21H17F3N2O3/c1-12-8-13(2)10-14(9-12)19(27)26-17-6-5-15(11-16(17)21(22,23)24)25-20(28)18-4-3-7-29-18/h3-11H,1-2H3,(H,25,28)(H,26,27).